The summed E-state index contributed by atoms with van der Waals surface area (Å²) in [6.07, 6.45) is 3.51. The first-order valence-corrected chi connectivity index (χ1v) is 6.54. The highest BCUT2D eigenvalue weighted by atomic mass is 32.1. The van der Waals surface area contributed by atoms with Gasteiger partial charge in [-0.15, -0.1) is 11.3 Å². The predicted octanol–water partition coefficient (Wildman–Crippen LogP) is 1.69. The molecule has 0 saturated carbocycles. The summed E-state index contributed by atoms with van der Waals surface area (Å²) in [4.78, 5) is 9.92. The predicted molar refractivity (Wildman–Crippen MR) is 71.3 cm³/mol. The van der Waals surface area contributed by atoms with Crippen molar-refractivity contribution in [2.24, 2.45) is 5.73 Å². The summed E-state index contributed by atoms with van der Waals surface area (Å²) < 4.78 is 0. The van der Waals surface area contributed by atoms with E-state index in [2.05, 4.69) is 32.8 Å². The molecule has 3 N–H and O–H groups in total. The van der Waals surface area contributed by atoms with Gasteiger partial charge in [0, 0.05) is 24.0 Å². The lowest BCUT2D eigenvalue weighted by Gasteiger charge is -2.05. The molecule has 4 nitrogen and oxygen atoms in total. The average molecular weight is 248 g/mol. The average Bonchev–Trinajstić information content (AvgIpc) is 2.83. The zero-order valence-corrected chi connectivity index (χ0v) is 10.4. The molecule has 0 aliphatic heterocycles. The summed E-state index contributed by atoms with van der Waals surface area (Å²) in [5.41, 5.74) is 5.48. The molecule has 2 aromatic heterocycles. The fourth-order valence-electron chi connectivity index (χ4n) is 1.52. The van der Waals surface area contributed by atoms with Gasteiger partial charge in [0.1, 0.15) is 11.6 Å². The standard InChI is InChI=1S/C12H16N4S/c13-6-3-11-15-8-5-12(16-11)14-7-4-10-2-1-9-17-10/h1-2,5,8-9H,3-4,6-7,13H2,(H,14,15,16). The number of nitrogens with two attached hydrogens (primary N) is 1. The van der Waals surface area contributed by atoms with E-state index in [9.17, 15) is 0 Å². The fraction of sp³-hybridized carbons (Fsp3) is 0.333. The molecule has 0 radical (unpaired) electrons. The summed E-state index contributed by atoms with van der Waals surface area (Å²) >= 11 is 1.78. The Balaban J connectivity index is 1.84. The Morgan fingerprint density at radius 2 is 2.24 bits per heavy atom. The monoisotopic (exact) mass is 248 g/mol. The van der Waals surface area contributed by atoms with Gasteiger partial charge in [-0.1, -0.05) is 6.07 Å². The molecular weight excluding hydrogens is 232 g/mol. The van der Waals surface area contributed by atoms with E-state index in [4.69, 9.17) is 5.73 Å². The molecule has 2 aromatic rings. The van der Waals surface area contributed by atoms with Gasteiger partial charge in [-0.25, -0.2) is 9.97 Å². The van der Waals surface area contributed by atoms with Crippen LogP contribution in [-0.2, 0) is 12.8 Å². The van der Waals surface area contributed by atoms with Gasteiger partial charge in [-0.3, -0.25) is 0 Å². The van der Waals surface area contributed by atoms with Crippen LogP contribution in [0, 0.1) is 0 Å². The van der Waals surface area contributed by atoms with Crippen molar-refractivity contribution >= 4 is 17.2 Å². The van der Waals surface area contributed by atoms with Crippen molar-refractivity contribution in [1.29, 1.82) is 0 Å². The molecule has 17 heavy (non-hydrogen) atoms. The molecule has 0 saturated heterocycles. The van der Waals surface area contributed by atoms with Gasteiger partial charge in [0.25, 0.3) is 0 Å². The van der Waals surface area contributed by atoms with Gasteiger partial charge in [0.2, 0.25) is 0 Å². The molecule has 90 valence electrons. The lowest BCUT2D eigenvalue weighted by Crippen LogP contribution is -2.10. The van der Waals surface area contributed by atoms with Gasteiger partial charge in [0.05, 0.1) is 0 Å². The minimum absolute atomic E-state index is 0.582. The molecule has 2 rings (SSSR count). The normalized spacial score (nSPS) is 10.4. The number of anilines is 1. The summed E-state index contributed by atoms with van der Waals surface area (Å²) in [5.74, 6) is 1.67. The van der Waals surface area contributed by atoms with E-state index in [0.29, 0.717) is 6.54 Å². The number of nitrogens with one attached hydrogen (secondary N) is 1. The Labute approximate surface area is 105 Å². The van der Waals surface area contributed by atoms with E-state index in [-0.39, 0.29) is 0 Å². The zero-order valence-electron chi connectivity index (χ0n) is 9.60. The Hall–Kier alpha value is -1.46. The third-order valence-electron chi connectivity index (χ3n) is 2.33. The third kappa shape index (κ3) is 3.80. The molecule has 0 aliphatic carbocycles. The lowest BCUT2D eigenvalue weighted by molar-refractivity contribution is 0.864. The highest BCUT2D eigenvalue weighted by Gasteiger charge is 1.98. The zero-order chi connectivity index (χ0) is 11.9. The van der Waals surface area contributed by atoms with Gasteiger partial charge < -0.3 is 11.1 Å². The maximum Gasteiger partial charge on any atom is 0.131 e. The van der Waals surface area contributed by atoms with Crippen LogP contribution < -0.4 is 11.1 Å². The maximum absolute atomic E-state index is 5.48. The number of aromatic nitrogens is 2. The van der Waals surface area contributed by atoms with Crippen LogP contribution in [0.1, 0.15) is 10.7 Å². The second-order valence-corrected chi connectivity index (χ2v) is 4.69. The molecule has 0 amide bonds. The van der Waals surface area contributed by atoms with Crippen molar-refractivity contribution in [3.05, 3.63) is 40.5 Å². The van der Waals surface area contributed by atoms with Gasteiger partial charge in [-0.2, -0.15) is 0 Å². The van der Waals surface area contributed by atoms with E-state index in [1.165, 1.54) is 4.88 Å². The van der Waals surface area contributed by atoms with Crippen molar-refractivity contribution in [3.63, 3.8) is 0 Å². The largest absolute Gasteiger partial charge is 0.370 e. The number of nitrogens with zero attached hydrogens (tertiary/aromatic N) is 2. The minimum atomic E-state index is 0.582. The minimum Gasteiger partial charge on any atom is -0.370 e. The highest BCUT2D eigenvalue weighted by molar-refractivity contribution is 7.09. The number of hydrogen-bond donors (Lipinski definition) is 2. The van der Waals surface area contributed by atoms with Gasteiger partial charge in [0.15, 0.2) is 0 Å². The van der Waals surface area contributed by atoms with E-state index in [1.54, 1.807) is 17.5 Å². The molecule has 0 atom stereocenters. The molecule has 0 aliphatic rings. The molecule has 2 heterocycles. The van der Waals surface area contributed by atoms with Crippen LogP contribution in [0.5, 0.6) is 0 Å². The molecule has 0 spiro atoms. The topological polar surface area (TPSA) is 63.8 Å². The van der Waals surface area contributed by atoms with Crippen LogP contribution in [0.4, 0.5) is 5.82 Å². The Bertz CT molecular complexity index is 442. The third-order valence-corrected chi connectivity index (χ3v) is 3.27. The maximum atomic E-state index is 5.48. The van der Waals surface area contributed by atoms with Crippen LogP contribution in [0.2, 0.25) is 0 Å². The van der Waals surface area contributed by atoms with Crippen molar-refractivity contribution in [3.8, 4) is 0 Å². The lowest BCUT2D eigenvalue weighted by atomic mass is 10.3. The van der Waals surface area contributed by atoms with Crippen molar-refractivity contribution < 1.29 is 0 Å². The Morgan fingerprint density at radius 3 is 3.00 bits per heavy atom. The first-order valence-electron chi connectivity index (χ1n) is 5.67. The summed E-state index contributed by atoms with van der Waals surface area (Å²) in [7, 11) is 0. The quantitative estimate of drug-likeness (QED) is 0.816. The smallest absolute Gasteiger partial charge is 0.131 e. The first kappa shape index (κ1) is 12.0. The van der Waals surface area contributed by atoms with Crippen LogP contribution in [0.15, 0.2) is 29.8 Å². The van der Waals surface area contributed by atoms with Gasteiger partial charge in [-0.05, 0) is 30.5 Å². The number of hydrogen-bond acceptors (Lipinski definition) is 5. The SMILES string of the molecule is NCCc1nccc(NCCc2cccs2)n1. The van der Waals surface area contributed by atoms with E-state index in [1.807, 2.05) is 6.07 Å². The van der Waals surface area contributed by atoms with Crippen LogP contribution >= 0.6 is 11.3 Å². The van der Waals surface area contributed by atoms with E-state index < -0.39 is 0 Å². The number of rotatable bonds is 6. The van der Waals surface area contributed by atoms with Crippen LogP contribution in [0.25, 0.3) is 0 Å². The number of thiophene rings is 1. The molecule has 0 aromatic carbocycles. The van der Waals surface area contributed by atoms with Crippen LogP contribution in [-0.4, -0.2) is 23.1 Å². The molecular formula is C12H16N4S. The Kier molecular flexibility index (Phi) is 4.46. The summed E-state index contributed by atoms with van der Waals surface area (Å²) in [6, 6.07) is 6.10. The van der Waals surface area contributed by atoms with Gasteiger partial charge >= 0.3 is 0 Å². The molecule has 0 bridgehead atoms. The highest BCUT2D eigenvalue weighted by Crippen LogP contribution is 2.09. The summed E-state index contributed by atoms with van der Waals surface area (Å²) in [5, 5.41) is 5.39. The Morgan fingerprint density at radius 1 is 1.29 bits per heavy atom. The first-order chi connectivity index (χ1) is 8.38. The molecule has 0 unspecified atom stereocenters. The second-order valence-electron chi connectivity index (χ2n) is 3.65. The van der Waals surface area contributed by atoms with Crippen molar-refractivity contribution in [2.75, 3.05) is 18.4 Å². The molecule has 0 fully saturated rings. The fourth-order valence-corrected chi connectivity index (χ4v) is 2.22. The summed E-state index contributed by atoms with van der Waals surface area (Å²) in [6.45, 7) is 1.47. The second kappa shape index (κ2) is 6.32. The van der Waals surface area contributed by atoms with Crippen molar-refractivity contribution in [1.82, 2.24) is 9.97 Å². The van der Waals surface area contributed by atoms with Crippen molar-refractivity contribution in [2.45, 2.75) is 12.8 Å². The van der Waals surface area contributed by atoms with E-state index >= 15 is 0 Å². The van der Waals surface area contributed by atoms with Crippen LogP contribution in [0.3, 0.4) is 0 Å². The van der Waals surface area contributed by atoms with E-state index in [0.717, 1.165) is 31.0 Å². The molecule has 5 heteroatoms.